The van der Waals surface area contributed by atoms with Crippen LogP contribution in [-0.4, -0.2) is 27.2 Å². The highest BCUT2D eigenvalue weighted by Gasteiger charge is 2.50. The van der Waals surface area contributed by atoms with Crippen LogP contribution in [0.5, 0.6) is 0 Å². The third-order valence-corrected chi connectivity index (χ3v) is 5.55. The van der Waals surface area contributed by atoms with Gasteiger partial charge in [0.1, 0.15) is 22.2 Å². The summed E-state index contributed by atoms with van der Waals surface area (Å²) in [4.78, 5) is 20.2. The molecule has 1 spiro atoms. The van der Waals surface area contributed by atoms with Gasteiger partial charge in [0, 0.05) is 16.1 Å². The highest BCUT2D eigenvalue weighted by molar-refractivity contribution is 7.82. The Morgan fingerprint density at radius 2 is 1.85 bits per heavy atom. The molecule has 0 unspecified atom stereocenters. The summed E-state index contributed by atoms with van der Waals surface area (Å²) in [6.45, 7) is 0. The number of nitrogens with zero attached hydrogens (tertiary/aromatic N) is 2. The minimum atomic E-state index is -0.639. The average molecular weight is 387 g/mol. The van der Waals surface area contributed by atoms with E-state index >= 15 is 0 Å². The molecule has 0 bridgehead atoms. The standard InChI is InChI=1S/C20H16ClFN2OS/c21-15-5-3-4-14(12-15)18(25)24-19(26)17(13-6-8-16(22)9-7-13)23-20(24)10-1-2-11-20/h3-9,12H,1-2,10-11H2. The summed E-state index contributed by atoms with van der Waals surface area (Å²) >= 11 is 11.7. The minimum Gasteiger partial charge on any atom is -0.271 e. The molecule has 26 heavy (non-hydrogen) atoms. The van der Waals surface area contributed by atoms with Crippen molar-refractivity contribution in [2.45, 2.75) is 31.3 Å². The molecule has 1 saturated carbocycles. The molecule has 1 aliphatic heterocycles. The van der Waals surface area contributed by atoms with Crippen molar-refractivity contribution in [3.8, 4) is 0 Å². The molecule has 0 aromatic heterocycles. The van der Waals surface area contributed by atoms with Gasteiger partial charge in [-0.3, -0.25) is 14.7 Å². The van der Waals surface area contributed by atoms with E-state index in [9.17, 15) is 9.18 Å². The molecule has 4 rings (SSSR count). The maximum Gasteiger partial charge on any atom is 0.261 e. The van der Waals surface area contributed by atoms with Gasteiger partial charge in [0.15, 0.2) is 0 Å². The molecule has 1 amide bonds. The van der Waals surface area contributed by atoms with E-state index in [1.807, 2.05) is 0 Å². The smallest absolute Gasteiger partial charge is 0.261 e. The Balaban J connectivity index is 1.76. The Morgan fingerprint density at radius 3 is 2.50 bits per heavy atom. The molecule has 3 nitrogen and oxygen atoms in total. The lowest BCUT2D eigenvalue weighted by atomic mass is 10.1. The third-order valence-electron chi connectivity index (χ3n) is 4.94. The lowest BCUT2D eigenvalue weighted by Gasteiger charge is -2.32. The van der Waals surface area contributed by atoms with Crippen molar-refractivity contribution in [3.63, 3.8) is 0 Å². The van der Waals surface area contributed by atoms with Crippen LogP contribution in [0.4, 0.5) is 4.39 Å². The number of benzene rings is 2. The summed E-state index contributed by atoms with van der Waals surface area (Å²) in [6.07, 6.45) is 3.51. The van der Waals surface area contributed by atoms with Gasteiger partial charge in [-0.2, -0.15) is 0 Å². The second kappa shape index (κ2) is 6.56. The first-order valence-electron chi connectivity index (χ1n) is 8.50. The fourth-order valence-corrected chi connectivity index (χ4v) is 4.31. The summed E-state index contributed by atoms with van der Waals surface area (Å²) in [5.74, 6) is -0.513. The molecule has 1 heterocycles. The summed E-state index contributed by atoms with van der Waals surface area (Å²) in [6, 6.07) is 12.9. The lowest BCUT2D eigenvalue weighted by molar-refractivity contribution is 0.0724. The molecule has 0 saturated heterocycles. The van der Waals surface area contributed by atoms with Crippen LogP contribution in [0.3, 0.4) is 0 Å². The number of aliphatic imine (C=N–C) groups is 1. The van der Waals surface area contributed by atoms with Crippen LogP contribution in [0.25, 0.3) is 0 Å². The van der Waals surface area contributed by atoms with E-state index in [-0.39, 0.29) is 11.7 Å². The van der Waals surface area contributed by atoms with Crippen LogP contribution in [0.2, 0.25) is 5.02 Å². The van der Waals surface area contributed by atoms with Gasteiger partial charge in [0.05, 0.1) is 0 Å². The van der Waals surface area contributed by atoms with Crippen LogP contribution in [0.1, 0.15) is 41.6 Å². The number of rotatable bonds is 2. The van der Waals surface area contributed by atoms with Crippen LogP contribution < -0.4 is 0 Å². The Labute approximate surface area is 161 Å². The number of thiocarbonyl (C=S) groups is 1. The normalized spacial score (nSPS) is 18.5. The molecule has 6 heteroatoms. The molecule has 1 fully saturated rings. The fraction of sp³-hybridized carbons (Fsp3) is 0.250. The Kier molecular flexibility index (Phi) is 4.37. The number of amides is 1. The summed E-state index contributed by atoms with van der Waals surface area (Å²) < 4.78 is 13.3. The van der Waals surface area contributed by atoms with Gasteiger partial charge in [-0.25, -0.2) is 4.39 Å². The SMILES string of the molecule is O=C(c1cccc(Cl)c1)N1C(=S)C(c2ccc(F)cc2)=NC12CCCC2. The van der Waals surface area contributed by atoms with Gasteiger partial charge >= 0.3 is 0 Å². The Bertz CT molecular complexity index is 920. The lowest BCUT2D eigenvalue weighted by Crippen LogP contribution is -2.48. The van der Waals surface area contributed by atoms with Gasteiger partial charge in [-0.05, 0) is 68.1 Å². The van der Waals surface area contributed by atoms with Gasteiger partial charge in [-0.15, -0.1) is 0 Å². The number of carbonyl (C=O) groups excluding carboxylic acids is 1. The first-order valence-corrected chi connectivity index (χ1v) is 9.29. The molecule has 2 aromatic rings. The third kappa shape index (κ3) is 2.85. The van der Waals surface area contributed by atoms with Crippen molar-refractivity contribution in [2.75, 3.05) is 0 Å². The number of halogens is 2. The summed E-state index contributed by atoms with van der Waals surface area (Å²) in [7, 11) is 0. The summed E-state index contributed by atoms with van der Waals surface area (Å²) in [5.41, 5.74) is 1.16. The maximum absolute atomic E-state index is 13.3. The molecule has 0 N–H and O–H groups in total. The largest absolute Gasteiger partial charge is 0.271 e. The maximum atomic E-state index is 13.3. The van der Waals surface area contributed by atoms with Crippen molar-refractivity contribution >= 4 is 40.4 Å². The van der Waals surface area contributed by atoms with Crippen molar-refractivity contribution in [2.24, 2.45) is 4.99 Å². The van der Waals surface area contributed by atoms with Crippen LogP contribution in [-0.2, 0) is 0 Å². The van der Waals surface area contributed by atoms with Crippen LogP contribution >= 0.6 is 23.8 Å². The van der Waals surface area contributed by atoms with Crippen LogP contribution in [0.15, 0.2) is 53.5 Å². The van der Waals surface area contributed by atoms with E-state index in [0.29, 0.717) is 21.3 Å². The molecule has 2 aromatic carbocycles. The van der Waals surface area contributed by atoms with E-state index in [2.05, 4.69) is 0 Å². The molecule has 0 radical (unpaired) electrons. The molecular formula is C20H16ClFN2OS. The topological polar surface area (TPSA) is 32.7 Å². The number of hydrogen-bond acceptors (Lipinski definition) is 3. The monoisotopic (exact) mass is 386 g/mol. The predicted molar refractivity (Wildman–Crippen MR) is 104 cm³/mol. The first kappa shape index (κ1) is 17.3. The van der Waals surface area contributed by atoms with E-state index in [0.717, 1.165) is 31.2 Å². The molecule has 1 aliphatic carbocycles. The van der Waals surface area contributed by atoms with Crippen molar-refractivity contribution in [3.05, 3.63) is 70.5 Å². The quantitative estimate of drug-likeness (QED) is 0.679. The number of carbonyl (C=O) groups is 1. The van der Waals surface area contributed by atoms with Crippen LogP contribution in [0, 0.1) is 5.82 Å². The Hall–Kier alpha value is -2.11. The zero-order valence-electron chi connectivity index (χ0n) is 13.9. The zero-order chi connectivity index (χ0) is 18.3. The molecule has 132 valence electrons. The molecular weight excluding hydrogens is 371 g/mol. The van der Waals surface area contributed by atoms with Crippen molar-refractivity contribution in [1.29, 1.82) is 0 Å². The second-order valence-corrected chi connectivity index (χ2v) is 7.44. The molecule has 2 aliphatic rings. The first-order chi connectivity index (χ1) is 12.5. The highest BCUT2D eigenvalue weighted by Crippen LogP contribution is 2.42. The summed E-state index contributed by atoms with van der Waals surface area (Å²) in [5, 5.41) is 0.501. The second-order valence-electron chi connectivity index (χ2n) is 6.61. The van der Waals surface area contributed by atoms with E-state index in [4.69, 9.17) is 28.8 Å². The van der Waals surface area contributed by atoms with Gasteiger partial charge in [0.25, 0.3) is 5.91 Å². The van der Waals surface area contributed by atoms with Crippen molar-refractivity contribution in [1.82, 2.24) is 4.90 Å². The van der Waals surface area contributed by atoms with Gasteiger partial charge in [0.2, 0.25) is 0 Å². The van der Waals surface area contributed by atoms with E-state index < -0.39 is 5.66 Å². The Morgan fingerprint density at radius 1 is 1.15 bits per heavy atom. The van der Waals surface area contributed by atoms with Crippen molar-refractivity contribution < 1.29 is 9.18 Å². The zero-order valence-corrected chi connectivity index (χ0v) is 15.5. The van der Waals surface area contributed by atoms with E-state index in [1.54, 1.807) is 41.3 Å². The average Bonchev–Trinajstić information content (AvgIpc) is 3.20. The van der Waals surface area contributed by atoms with E-state index in [1.165, 1.54) is 12.1 Å². The van der Waals surface area contributed by atoms with Gasteiger partial charge in [-0.1, -0.05) is 29.9 Å². The highest BCUT2D eigenvalue weighted by atomic mass is 35.5. The minimum absolute atomic E-state index is 0.194. The van der Waals surface area contributed by atoms with Gasteiger partial charge < -0.3 is 0 Å². The predicted octanol–water partition coefficient (Wildman–Crippen LogP) is 5.02. The fourth-order valence-electron chi connectivity index (χ4n) is 3.71. The number of hydrogen-bond donors (Lipinski definition) is 0. The molecule has 0 atom stereocenters.